The first-order valence-corrected chi connectivity index (χ1v) is 9.30. The van der Waals surface area contributed by atoms with E-state index in [9.17, 15) is 14.4 Å². The molecule has 29 heavy (non-hydrogen) atoms. The van der Waals surface area contributed by atoms with E-state index in [1.165, 1.54) is 26.7 Å². The molecule has 1 aliphatic rings. The minimum atomic E-state index is -0.0734. The third kappa shape index (κ3) is 5.34. The van der Waals surface area contributed by atoms with Crippen molar-refractivity contribution in [2.45, 2.75) is 19.3 Å². The fourth-order valence-electron chi connectivity index (χ4n) is 3.13. The maximum Gasteiger partial charge on any atom is 0.254 e. The van der Waals surface area contributed by atoms with E-state index in [2.05, 4.69) is 0 Å². The van der Waals surface area contributed by atoms with Gasteiger partial charge in [0.15, 0.2) is 12.6 Å². The molecule has 1 fully saturated rings. The van der Waals surface area contributed by atoms with E-state index in [1.807, 2.05) is 4.90 Å². The Kier molecular flexibility index (Phi) is 8.21. The molecule has 154 valence electrons. The SMILES string of the molecule is COc1cccc(C(=O)N2CCCCC2)c1C=O.COc1cccc(O)c1C=O. The predicted molar refractivity (Wildman–Crippen MR) is 108 cm³/mol. The third-order valence-electron chi connectivity index (χ3n) is 4.66. The van der Waals surface area contributed by atoms with Crippen molar-refractivity contribution in [2.24, 2.45) is 0 Å². The number of aromatic hydroxyl groups is 1. The monoisotopic (exact) mass is 399 g/mol. The van der Waals surface area contributed by atoms with E-state index >= 15 is 0 Å². The number of amides is 1. The molecular weight excluding hydrogens is 374 g/mol. The highest BCUT2D eigenvalue weighted by Crippen LogP contribution is 2.25. The van der Waals surface area contributed by atoms with Crippen molar-refractivity contribution >= 4 is 18.5 Å². The zero-order chi connectivity index (χ0) is 21.2. The summed E-state index contributed by atoms with van der Waals surface area (Å²) in [7, 11) is 2.94. The standard InChI is InChI=1S/C14H17NO3.C8H8O3/c1-18-13-7-5-6-11(12(13)10-16)14(17)15-8-3-2-4-9-15;1-11-8-4-2-3-7(10)6(8)5-9/h5-7,10H,2-4,8-9H2,1H3;2-5,10H,1H3. The van der Waals surface area contributed by atoms with Gasteiger partial charge in [-0.1, -0.05) is 12.1 Å². The normalized spacial score (nSPS) is 13.0. The lowest BCUT2D eigenvalue weighted by molar-refractivity contribution is 0.0721. The first kappa shape index (κ1) is 21.9. The summed E-state index contributed by atoms with van der Waals surface area (Å²) in [6, 6.07) is 9.78. The van der Waals surface area contributed by atoms with Gasteiger partial charge < -0.3 is 19.5 Å². The number of carbonyl (C=O) groups is 3. The number of likely N-dealkylation sites (tertiary alicyclic amines) is 1. The van der Waals surface area contributed by atoms with Crippen LogP contribution in [-0.2, 0) is 0 Å². The molecule has 0 unspecified atom stereocenters. The van der Waals surface area contributed by atoms with E-state index in [-0.39, 0.29) is 17.2 Å². The number of rotatable bonds is 5. The zero-order valence-corrected chi connectivity index (χ0v) is 16.6. The van der Waals surface area contributed by atoms with Gasteiger partial charge in [-0.2, -0.15) is 0 Å². The Hall–Kier alpha value is -3.35. The largest absolute Gasteiger partial charge is 0.507 e. The van der Waals surface area contributed by atoms with Crippen LogP contribution in [0.4, 0.5) is 0 Å². The van der Waals surface area contributed by atoms with Crippen LogP contribution in [0.2, 0.25) is 0 Å². The molecule has 0 aliphatic carbocycles. The number of carbonyl (C=O) groups excluding carboxylic acids is 3. The molecule has 3 rings (SSSR count). The molecule has 0 aromatic heterocycles. The number of benzene rings is 2. The van der Waals surface area contributed by atoms with Crippen LogP contribution in [0.3, 0.4) is 0 Å². The van der Waals surface area contributed by atoms with Crippen LogP contribution in [0.15, 0.2) is 36.4 Å². The van der Waals surface area contributed by atoms with Crippen molar-refractivity contribution in [1.82, 2.24) is 4.90 Å². The van der Waals surface area contributed by atoms with Crippen LogP contribution in [0.1, 0.15) is 50.3 Å². The van der Waals surface area contributed by atoms with Gasteiger partial charge in [-0.25, -0.2) is 0 Å². The lowest BCUT2D eigenvalue weighted by atomic mass is 10.0. The van der Waals surface area contributed by atoms with E-state index in [0.717, 1.165) is 25.9 Å². The van der Waals surface area contributed by atoms with Gasteiger partial charge in [0, 0.05) is 13.1 Å². The summed E-state index contributed by atoms with van der Waals surface area (Å²) in [6.07, 6.45) is 4.49. The smallest absolute Gasteiger partial charge is 0.254 e. The van der Waals surface area contributed by atoms with Crippen LogP contribution in [0.25, 0.3) is 0 Å². The van der Waals surface area contributed by atoms with Crippen molar-refractivity contribution in [1.29, 1.82) is 0 Å². The van der Waals surface area contributed by atoms with Gasteiger partial charge in [0.25, 0.3) is 5.91 Å². The van der Waals surface area contributed by atoms with Gasteiger partial charge in [0.2, 0.25) is 0 Å². The number of methoxy groups -OCH3 is 2. The Morgan fingerprint density at radius 1 is 0.897 bits per heavy atom. The highest BCUT2D eigenvalue weighted by Gasteiger charge is 2.22. The Bertz CT molecular complexity index is 858. The predicted octanol–water partition coefficient (Wildman–Crippen LogP) is 3.35. The number of phenols is 1. The molecule has 1 aliphatic heterocycles. The first-order valence-electron chi connectivity index (χ1n) is 9.30. The molecule has 0 atom stereocenters. The third-order valence-corrected chi connectivity index (χ3v) is 4.66. The summed E-state index contributed by atoms with van der Waals surface area (Å²) >= 11 is 0. The lowest BCUT2D eigenvalue weighted by Gasteiger charge is -2.27. The molecular formula is C22H25NO6. The van der Waals surface area contributed by atoms with Crippen molar-refractivity contribution in [3.8, 4) is 17.2 Å². The second-order valence-electron chi connectivity index (χ2n) is 6.40. The average molecular weight is 399 g/mol. The van der Waals surface area contributed by atoms with Gasteiger partial charge in [-0.15, -0.1) is 0 Å². The highest BCUT2D eigenvalue weighted by molar-refractivity contribution is 6.02. The molecule has 1 saturated heterocycles. The maximum absolute atomic E-state index is 12.4. The van der Waals surface area contributed by atoms with Gasteiger partial charge in [-0.05, 0) is 43.5 Å². The number of hydrogen-bond acceptors (Lipinski definition) is 6. The van der Waals surface area contributed by atoms with Crippen molar-refractivity contribution in [3.05, 3.63) is 53.1 Å². The zero-order valence-electron chi connectivity index (χ0n) is 16.6. The van der Waals surface area contributed by atoms with Gasteiger partial charge in [0.1, 0.15) is 17.2 Å². The minimum absolute atomic E-state index is 0.0562. The van der Waals surface area contributed by atoms with Crippen molar-refractivity contribution in [3.63, 3.8) is 0 Å². The minimum Gasteiger partial charge on any atom is -0.507 e. The molecule has 1 amide bonds. The number of hydrogen-bond donors (Lipinski definition) is 1. The number of nitrogens with zero attached hydrogens (tertiary/aromatic N) is 1. The molecule has 7 nitrogen and oxygen atoms in total. The molecule has 0 saturated carbocycles. The molecule has 2 aromatic carbocycles. The maximum atomic E-state index is 12.4. The quantitative estimate of drug-likeness (QED) is 0.775. The van der Waals surface area contributed by atoms with Crippen LogP contribution >= 0.6 is 0 Å². The van der Waals surface area contributed by atoms with Crippen molar-refractivity contribution < 1.29 is 29.0 Å². The number of phenolic OH excluding ortho intramolecular Hbond substituents is 1. The molecule has 7 heteroatoms. The lowest BCUT2D eigenvalue weighted by Crippen LogP contribution is -2.36. The van der Waals surface area contributed by atoms with E-state index in [1.54, 1.807) is 30.3 Å². The van der Waals surface area contributed by atoms with Gasteiger partial charge in [-0.3, -0.25) is 14.4 Å². The Morgan fingerprint density at radius 3 is 1.97 bits per heavy atom. The van der Waals surface area contributed by atoms with Crippen LogP contribution in [-0.4, -0.2) is 55.8 Å². The number of aldehydes is 2. The summed E-state index contributed by atoms with van der Waals surface area (Å²) in [5.41, 5.74) is 0.969. The number of piperidine rings is 1. The van der Waals surface area contributed by atoms with Crippen molar-refractivity contribution in [2.75, 3.05) is 27.3 Å². The summed E-state index contributed by atoms with van der Waals surface area (Å²) in [6.45, 7) is 1.54. The molecule has 0 radical (unpaired) electrons. The Balaban J connectivity index is 0.000000234. The fraction of sp³-hybridized carbons (Fsp3) is 0.318. The Morgan fingerprint density at radius 2 is 1.45 bits per heavy atom. The topological polar surface area (TPSA) is 93.1 Å². The van der Waals surface area contributed by atoms with Crippen LogP contribution in [0, 0.1) is 0 Å². The molecule has 0 spiro atoms. The average Bonchev–Trinajstić information content (AvgIpc) is 2.78. The Labute approximate surface area is 169 Å². The number of ether oxygens (including phenoxy) is 2. The van der Waals surface area contributed by atoms with Gasteiger partial charge >= 0.3 is 0 Å². The summed E-state index contributed by atoms with van der Waals surface area (Å²) in [5, 5.41) is 9.11. The van der Waals surface area contributed by atoms with E-state index in [0.29, 0.717) is 35.2 Å². The molecule has 2 aromatic rings. The van der Waals surface area contributed by atoms with E-state index in [4.69, 9.17) is 14.6 Å². The van der Waals surface area contributed by atoms with E-state index < -0.39 is 0 Å². The second-order valence-corrected chi connectivity index (χ2v) is 6.40. The molecule has 1 heterocycles. The van der Waals surface area contributed by atoms with Gasteiger partial charge in [0.05, 0.1) is 30.9 Å². The highest BCUT2D eigenvalue weighted by atomic mass is 16.5. The summed E-state index contributed by atoms with van der Waals surface area (Å²) < 4.78 is 9.94. The van der Waals surface area contributed by atoms with Crippen LogP contribution in [0.5, 0.6) is 17.2 Å². The summed E-state index contributed by atoms with van der Waals surface area (Å²) in [5.74, 6) is 0.711. The first-order chi connectivity index (χ1) is 14.1. The molecule has 1 N–H and O–H groups in total. The summed E-state index contributed by atoms with van der Waals surface area (Å²) in [4.78, 5) is 35.7. The fourth-order valence-corrected chi connectivity index (χ4v) is 3.13. The second kappa shape index (κ2) is 10.8. The van der Waals surface area contributed by atoms with Crippen LogP contribution < -0.4 is 9.47 Å². The molecule has 0 bridgehead atoms.